The first-order chi connectivity index (χ1) is 17.8. The molecule has 4 heteroatoms. The van der Waals surface area contributed by atoms with Gasteiger partial charge < -0.3 is 0 Å². The average molecular weight is 785 g/mol. The van der Waals surface area contributed by atoms with Gasteiger partial charge in [-0.05, 0) is 0 Å². The van der Waals surface area contributed by atoms with E-state index < -0.39 is 15.4 Å². The fourth-order valence-corrected chi connectivity index (χ4v) is 45.7. The van der Waals surface area contributed by atoms with E-state index in [1.807, 2.05) is 0 Å². The second-order valence-corrected chi connectivity index (χ2v) is 62.5. The van der Waals surface area contributed by atoms with E-state index in [4.69, 9.17) is 0 Å². The maximum atomic E-state index is 2.76. The molecule has 0 amide bonds. The van der Waals surface area contributed by atoms with Crippen LogP contribution in [0.15, 0.2) is 109 Å². The van der Waals surface area contributed by atoms with E-state index in [1.165, 1.54) is 45.6 Å². The van der Waals surface area contributed by atoms with Gasteiger partial charge in [-0.1, -0.05) is 0 Å². The van der Waals surface area contributed by atoms with E-state index in [0.29, 0.717) is 0 Å². The third-order valence-corrected chi connectivity index (χ3v) is 53.7. The Morgan fingerprint density at radius 3 is 1.36 bits per heavy atom. The molecule has 0 spiro atoms. The molecular formula is C35H42Cl2GeHf. The smallest absolute Gasteiger partial charge is 0.147 e. The Labute approximate surface area is 254 Å². The number of aryl methyl sites for hydroxylation is 2. The van der Waals surface area contributed by atoms with Crippen LogP contribution >= 0.6 is 24.8 Å². The predicted molar refractivity (Wildman–Crippen MR) is 177 cm³/mol. The molecule has 0 radical (unpaired) electrons. The molecule has 3 aromatic rings. The Hall–Kier alpha value is -1.39. The van der Waals surface area contributed by atoms with Gasteiger partial charge in [0.05, 0.1) is 0 Å². The van der Waals surface area contributed by atoms with Gasteiger partial charge in [-0.2, -0.15) is 0 Å². The van der Waals surface area contributed by atoms with Gasteiger partial charge in [0.15, 0.2) is 0 Å². The molecule has 0 heterocycles. The van der Waals surface area contributed by atoms with Crippen molar-refractivity contribution in [3.05, 3.63) is 131 Å². The zero-order chi connectivity index (χ0) is 26.2. The van der Waals surface area contributed by atoms with Crippen molar-refractivity contribution in [1.29, 1.82) is 0 Å². The molecule has 0 bridgehead atoms. The van der Waals surface area contributed by atoms with Gasteiger partial charge in [0, 0.05) is 0 Å². The molecule has 0 nitrogen and oxygen atoms in total. The molecule has 2 aliphatic rings. The van der Waals surface area contributed by atoms with E-state index in [2.05, 4.69) is 123 Å². The predicted octanol–water partition coefficient (Wildman–Crippen LogP) is 9.09. The summed E-state index contributed by atoms with van der Waals surface area (Å²) in [4.78, 5) is 0. The Morgan fingerprint density at radius 2 is 1.00 bits per heavy atom. The van der Waals surface area contributed by atoms with Crippen LogP contribution in [0.1, 0.15) is 62.8 Å². The summed E-state index contributed by atoms with van der Waals surface area (Å²) < 4.78 is 8.00. The van der Waals surface area contributed by atoms with E-state index in [9.17, 15) is 0 Å². The minimum Gasteiger partial charge on any atom is -0.147 e. The van der Waals surface area contributed by atoms with Gasteiger partial charge in [0.2, 0.25) is 0 Å². The zero-order valence-electron chi connectivity index (χ0n) is 24.0. The van der Waals surface area contributed by atoms with Crippen molar-refractivity contribution >= 4 is 51.5 Å². The van der Waals surface area contributed by atoms with Crippen LogP contribution in [0.2, 0.25) is 4.68 Å². The minimum absolute atomic E-state index is 0. The fraction of sp³-hybridized carbons (Fsp3) is 0.257. The van der Waals surface area contributed by atoms with Crippen molar-refractivity contribution in [3.63, 3.8) is 0 Å². The van der Waals surface area contributed by atoms with Crippen LogP contribution in [0.25, 0.3) is 11.1 Å². The standard InChI is InChI=1S/2C14H15.C6H5.CH3.2ClH.GeH2.Hf/c2*1-3-12-7-9-13(10-8-12)14-6-4-5-11(14)2;1-2-4-6-5-3-1;;;;;/h2*6-10H,3-4H2,1-2H3;1-5H;1H3;2*1H;1H2;. The van der Waals surface area contributed by atoms with Crippen molar-refractivity contribution in [2.75, 3.05) is 0 Å². The first-order valence-corrected chi connectivity index (χ1v) is 37.5. The molecule has 0 aromatic heterocycles. The maximum Gasteiger partial charge on any atom is -0.147 e. The van der Waals surface area contributed by atoms with E-state index in [0.717, 1.165) is 25.7 Å². The molecule has 204 valence electrons. The molecule has 0 saturated heterocycles. The Kier molecular flexibility index (Phi) is 10.4. The molecule has 2 aliphatic carbocycles. The van der Waals surface area contributed by atoms with Crippen LogP contribution in [0.4, 0.5) is 0 Å². The van der Waals surface area contributed by atoms with Crippen LogP contribution in [0, 0.1) is 0 Å². The molecule has 5 rings (SSSR count). The summed E-state index contributed by atoms with van der Waals surface area (Å²) in [5.41, 5.74) is 11.6. The number of hydrogen-bond donors (Lipinski definition) is 0. The second-order valence-electron chi connectivity index (χ2n) is 11.3. The summed E-state index contributed by atoms with van der Waals surface area (Å²) >= 11 is -2.49. The summed E-state index contributed by atoms with van der Waals surface area (Å²) in [5, 5.41) is 0. The van der Waals surface area contributed by atoms with Crippen molar-refractivity contribution in [1.82, 2.24) is 0 Å². The van der Waals surface area contributed by atoms with Crippen LogP contribution < -0.4 is 3.32 Å². The van der Waals surface area contributed by atoms with Crippen LogP contribution in [-0.2, 0) is 28.2 Å². The molecule has 0 aliphatic heterocycles. The Morgan fingerprint density at radius 1 is 0.615 bits per heavy atom. The zero-order valence-corrected chi connectivity index (χ0v) is 32.2. The van der Waals surface area contributed by atoms with Gasteiger partial charge >= 0.3 is 231 Å². The normalized spacial score (nSPS) is 15.5. The van der Waals surface area contributed by atoms with Gasteiger partial charge in [-0.25, -0.2) is 0 Å². The molecule has 0 unspecified atom stereocenters. The monoisotopic (exact) mass is 786 g/mol. The number of rotatable bonds is 7. The molecule has 3 aromatic carbocycles. The van der Waals surface area contributed by atoms with Gasteiger partial charge in [-0.3, -0.25) is 0 Å². The molecule has 0 fully saturated rings. The van der Waals surface area contributed by atoms with Crippen LogP contribution in [0.5, 0.6) is 0 Å². The summed E-state index contributed by atoms with van der Waals surface area (Å²) in [6.07, 6.45) is 9.46. The van der Waals surface area contributed by atoms with Gasteiger partial charge in [0.1, 0.15) is 0 Å². The van der Waals surface area contributed by atoms with Crippen molar-refractivity contribution in [2.45, 2.75) is 58.1 Å². The van der Waals surface area contributed by atoms with E-state index in [-0.39, 0.29) is 24.8 Å². The summed E-state index contributed by atoms with van der Waals surface area (Å²) in [7, 11) is 0. The Bertz CT molecular complexity index is 1440. The second kappa shape index (κ2) is 12.6. The summed E-state index contributed by atoms with van der Waals surface area (Å²) in [6.45, 7) is 9.30. The third-order valence-electron chi connectivity index (χ3n) is 9.27. The molecule has 0 saturated carbocycles. The quantitative estimate of drug-likeness (QED) is 0.210. The minimum atomic E-state index is -3.86. The summed E-state index contributed by atoms with van der Waals surface area (Å²) in [6, 6.07) is 30.2. The number of benzene rings is 3. The van der Waals surface area contributed by atoms with Crippen molar-refractivity contribution in [2.24, 2.45) is 0 Å². The molecule has 39 heavy (non-hydrogen) atoms. The van der Waals surface area contributed by atoms with Crippen LogP contribution in [0.3, 0.4) is 0 Å². The number of halogens is 2. The first-order valence-electron chi connectivity index (χ1n) is 13.9. The first kappa shape index (κ1) is 32.1. The van der Waals surface area contributed by atoms with Crippen molar-refractivity contribution in [3.8, 4) is 0 Å². The van der Waals surface area contributed by atoms with E-state index >= 15 is 0 Å². The molecule has 0 N–H and O–H groups in total. The average Bonchev–Trinajstić information content (AvgIpc) is 3.53. The topological polar surface area (TPSA) is 0 Å². The molecule has 0 atom stereocenters. The largest absolute Gasteiger partial charge is 0.147 e. The molecular weight excluding hydrogens is 742 g/mol. The van der Waals surface area contributed by atoms with Gasteiger partial charge in [-0.15, -0.1) is 24.8 Å². The third kappa shape index (κ3) is 5.59. The van der Waals surface area contributed by atoms with Gasteiger partial charge in [0.25, 0.3) is 0 Å². The number of hydrogen-bond acceptors (Lipinski definition) is 0. The summed E-state index contributed by atoms with van der Waals surface area (Å²) in [5.74, 6) is 0. The Balaban J connectivity index is 0.00000210. The van der Waals surface area contributed by atoms with Crippen molar-refractivity contribution < 1.29 is 15.4 Å². The van der Waals surface area contributed by atoms with E-state index in [1.54, 1.807) is 21.1 Å². The van der Waals surface area contributed by atoms with Crippen LogP contribution in [-0.4, -0.2) is 12.2 Å². The number of allylic oxidation sites excluding steroid dienone is 8. The SMILES string of the molecule is CCc1ccc(C2=CC[C]([Hf]([CH3])(=[GeH2])([C]3=C(C)C(c4ccc(CC)cc4)=CC3)[c]3ccccc3)=C2C)cc1.Cl.Cl. The fourth-order valence-electron chi connectivity index (χ4n) is 6.84. The maximum absolute atomic E-state index is 3.86.